The Morgan fingerprint density at radius 3 is 2.20 bits per heavy atom. The number of amides is 2. The van der Waals surface area contributed by atoms with Crippen molar-refractivity contribution >= 4 is 23.5 Å². The average molecular weight is 487 g/mol. The van der Waals surface area contributed by atoms with Crippen molar-refractivity contribution in [2.24, 2.45) is 17.8 Å². The summed E-state index contributed by atoms with van der Waals surface area (Å²) >= 11 is 0. The van der Waals surface area contributed by atoms with Crippen molar-refractivity contribution in [3.63, 3.8) is 0 Å². The molecule has 0 saturated heterocycles. The molecule has 0 spiro atoms. The quantitative estimate of drug-likeness (QED) is 0.232. The van der Waals surface area contributed by atoms with Gasteiger partial charge in [-0.1, -0.05) is 65.7 Å². The number of unbranched alkanes of at least 4 members (excludes halogenated alkanes) is 4. The van der Waals surface area contributed by atoms with Crippen LogP contribution in [0.4, 0.5) is 5.69 Å². The Hall–Kier alpha value is -2.37. The molecule has 0 bridgehead atoms. The van der Waals surface area contributed by atoms with E-state index in [2.05, 4.69) is 17.6 Å². The molecule has 196 valence electrons. The number of carbonyl (C=O) groups is 3. The molecule has 1 saturated carbocycles. The summed E-state index contributed by atoms with van der Waals surface area (Å²) in [4.78, 5) is 38.0. The fraction of sp³-hybridized carbons (Fsp3) is 0.690. The normalized spacial score (nSPS) is 19.4. The van der Waals surface area contributed by atoms with Crippen LogP contribution in [0.3, 0.4) is 0 Å². The first kappa shape index (κ1) is 28.9. The van der Waals surface area contributed by atoms with Crippen LogP contribution in [0.15, 0.2) is 24.3 Å². The molecule has 1 fully saturated rings. The van der Waals surface area contributed by atoms with Crippen LogP contribution in [0, 0.1) is 17.8 Å². The summed E-state index contributed by atoms with van der Waals surface area (Å²) < 4.78 is 5.00. The Kier molecular flexibility index (Phi) is 12.9. The summed E-state index contributed by atoms with van der Waals surface area (Å²) in [5, 5.41) is 5.96. The molecule has 0 unspecified atom stereocenters. The zero-order chi connectivity index (χ0) is 25.6. The second kappa shape index (κ2) is 15.6. The van der Waals surface area contributed by atoms with Crippen molar-refractivity contribution in [1.82, 2.24) is 5.32 Å². The lowest BCUT2D eigenvalue weighted by Crippen LogP contribution is -2.49. The first-order valence-corrected chi connectivity index (χ1v) is 13.8. The van der Waals surface area contributed by atoms with Crippen LogP contribution in [0.1, 0.15) is 109 Å². The van der Waals surface area contributed by atoms with Gasteiger partial charge in [-0.2, -0.15) is 0 Å². The van der Waals surface area contributed by atoms with Gasteiger partial charge in [-0.25, -0.2) is 4.79 Å². The van der Waals surface area contributed by atoms with Gasteiger partial charge in [-0.05, 0) is 68.7 Å². The van der Waals surface area contributed by atoms with E-state index in [1.807, 2.05) is 13.8 Å². The highest BCUT2D eigenvalue weighted by atomic mass is 16.5. The third kappa shape index (κ3) is 9.65. The summed E-state index contributed by atoms with van der Waals surface area (Å²) in [6, 6.07) is 6.04. The third-order valence-electron chi connectivity index (χ3n) is 7.39. The van der Waals surface area contributed by atoms with Crippen LogP contribution < -0.4 is 10.6 Å². The van der Waals surface area contributed by atoms with Gasteiger partial charge in [0.2, 0.25) is 11.8 Å². The monoisotopic (exact) mass is 486 g/mol. The van der Waals surface area contributed by atoms with Crippen LogP contribution in [0.25, 0.3) is 0 Å². The fourth-order valence-electron chi connectivity index (χ4n) is 4.85. The Balaban J connectivity index is 1.86. The maximum atomic E-state index is 13.1. The van der Waals surface area contributed by atoms with E-state index in [-0.39, 0.29) is 29.6 Å². The molecule has 6 heteroatoms. The van der Waals surface area contributed by atoms with Gasteiger partial charge in [0, 0.05) is 11.6 Å². The summed E-state index contributed by atoms with van der Waals surface area (Å²) in [5.74, 6) is 0.141. The number of esters is 1. The van der Waals surface area contributed by atoms with E-state index in [4.69, 9.17) is 4.74 Å². The van der Waals surface area contributed by atoms with Gasteiger partial charge in [0.05, 0.1) is 12.2 Å². The van der Waals surface area contributed by atoms with Gasteiger partial charge in [0.15, 0.2) is 0 Å². The van der Waals surface area contributed by atoms with Crippen LogP contribution in [-0.4, -0.2) is 30.4 Å². The van der Waals surface area contributed by atoms with Crippen LogP contribution in [-0.2, 0) is 14.3 Å². The van der Waals surface area contributed by atoms with Gasteiger partial charge in [0.1, 0.15) is 6.04 Å². The number of hydrogen-bond acceptors (Lipinski definition) is 4. The number of hydrogen-bond donors (Lipinski definition) is 2. The zero-order valence-corrected chi connectivity index (χ0v) is 22.2. The molecule has 0 heterocycles. The summed E-state index contributed by atoms with van der Waals surface area (Å²) in [6.45, 7) is 8.33. The molecule has 1 aromatic rings. The molecule has 35 heavy (non-hydrogen) atoms. The lowest BCUT2D eigenvalue weighted by atomic mass is 9.79. The Bertz CT molecular complexity index is 784. The minimum absolute atomic E-state index is 0.00417. The third-order valence-corrected chi connectivity index (χ3v) is 7.39. The number of benzene rings is 1. The molecular formula is C29H46N2O4. The number of rotatable bonds is 14. The van der Waals surface area contributed by atoms with E-state index >= 15 is 0 Å². The maximum Gasteiger partial charge on any atom is 0.338 e. The SMILES string of the molecule is CCCCCCCC1CCC(C(=O)N[C@@H](C(=O)Nc2ccc(C(=O)OCC)cc2)[C@@H](C)CC)CC1. The lowest BCUT2D eigenvalue weighted by molar-refractivity contribution is -0.131. The van der Waals surface area contributed by atoms with Gasteiger partial charge >= 0.3 is 5.97 Å². The average Bonchev–Trinajstić information content (AvgIpc) is 2.87. The molecule has 1 aliphatic rings. The van der Waals surface area contributed by atoms with E-state index < -0.39 is 6.04 Å². The molecule has 0 aliphatic heterocycles. The number of nitrogens with one attached hydrogen (secondary N) is 2. The smallest absolute Gasteiger partial charge is 0.338 e. The molecule has 2 rings (SSSR count). The molecule has 2 N–H and O–H groups in total. The molecule has 2 amide bonds. The number of ether oxygens (including phenoxy) is 1. The van der Waals surface area contributed by atoms with E-state index in [0.717, 1.165) is 38.0 Å². The van der Waals surface area contributed by atoms with E-state index in [1.54, 1.807) is 31.2 Å². The summed E-state index contributed by atoms with van der Waals surface area (Å²) in [6.07, 6.45) is 12.7. The highest BCUT2D eigenvalue weighted by Crippen LogP contribution is 2.32. The molecule has 0 aromatic heterocycles. The Morgan fingerprint density at radius 1 is 0.943 bits per heavy atom. The zero-order valence-electron chi connectivity index (χ0n) is 22.2. The van der Waals surface area contributed by atoms with E-state index in [9.17, 15) is 14.4 Å². The number of anilines is 1. The van der Waals surface area contributed by atoms with Gasteiger partial charge < -0.3 is 15.4 Å². The molecule has 2 atom stereocenters. The minimum Gasteiger partial charge on any atom is -0.462 e. The highest BCUT2D eigenvalue weighted by molar-refractivity contribution is 5.98. The van der Waals surface area contributed by atoms with Crippen molar-refractivity contribution in [2.75, 3.05) is 11.9 Å². The van der Waals surface area contributed by atoms with Gasteiger partial charge in [-0.3, -0.25) is 9.59 Å². The number of carbonyl (C=O) groups excluding carboxylic acids is 3. The van der Waals surface area contributed by atoms with Crippen LogP contribution in [0.2, 0.25) is 0 Å². The second-order valence-corrected chi connectivity index (χ2v) is 10.1. The second-order valence-electron chi connectivity index (χ2n) is 10.1. The van der Waals surface area contributed by atoms with Gasteiger partial charge in [0.25, 0.3) is 0 Å². The molecular weight excluding hydrogens is 440 g/mol. The van der Waals surface area contributed by atoms with Crippen LogP contribution >= 0.6 is 0 Å². The minimum atomic E-state index is -0.589. The summed E-state index contributed by atoms with van der Waals surface area (Å²) in [7, 11) is 0. The van der Waals surface area contributed by atoms with Crippen molar-refractivity contribution in [3.8, 4) is 0 Å². The maximum absolute atomic E-state index is 13.1. The standard InChI is InChI=1S/C29H46N2O4/c1-5-8-9-10-11-12-22-13-15-23(16-14-22)27(32)31-26(21(4)6-2)28(33)30-25-19-17-24(18-20-25)29(34)35-7-3/h17-23,26H,5-16H2,1-4H3,(H,30,33)(H,31,32)/t21-,22?,23?,26+/m0/s1. The first-order valence-electron chi connectivity index (χ1n) is 13.8. The largest absolute Gasteiger partial charge is 0.462 e. The van der Waals surface area contributed by atoms with Crippen molar-refractivity contribution in [1.29, 1.82) is 0 Å². The Morgan fingerprint density at radius 2 is 1.60 bits per heavy atom. The fourth-order valence-corrected chi connectivity index (χ4v) is 4.85. The molecule has 1 aromatic carbocycles. The predicted molar refractivity (Wildman–Crippen MR) is 141 cm³/mol. The predicted octanol–water partition coefficient (Wildman–Crippen LogP) is 6.50. The van der Waals surface area contributed by atoms with Gasteiger partial charge in [-0.15, -0.1) is 0 Å². The molecule has 1 aliphatic carbocycles. The van der Waals surface area contributed by atoms with Crippen molar-refractivity contribution < 1.29 is 19.1 Å². The van der Waals surface area contributed by atoms with Crippen molar-refractivity contribution in [2.45, 2.75) is 104 Å². The first-order chi connectivity index (χ1) is 16.9. The van der Waals surface area contributed by atoms with E-state index in [1.165, 1.54) is 38.5 Å². The van der Waals surface area contributed by atoms with Crippen molar-refractivity contribution in [3.05, 3.63) is 29.8 Å². The molecule has 0 radical (unpaired) electrons. The van der Waals surface area contributed by atoms with E-state index in [0.29, 0.717) is 17.9 Å². The van der Waals surface area contributed by atoms with Crippen LogP contribution in [0.5, 0.6) is 0 Å². The topological polar surface area (TPSA) is 84.5 Å². The molecule has 6 nitrogen and oxygen atoms in total. The Labute approximate surface area is 212 Å². The highest BCUT2D eigenvalue weighted by Gasteiger charge is 2.31. The summed E-state index contributed by atoms with van der Waals surface area (Å²) in [5.41, 5.74) is 1.03. The lowest BCUT2D eigenvalue weighted by Gasteiger charge is -2.30.